The fourth-order valence-electron chi connectivity index (χ4n) is 3.29. The van der Waals surface area contributed by atoms with Crippen molar-refractivity contribution in [3.8, 4) is 0 Å². The lowest BCUT2D eigenvalue weighted by Crippen LogP contribution is -2.39. The number of halogens is 1. The average molecular weight is 387 g/mol. The van der Waals surface area contributed by atoms with Crippen LogP contribution >= 0.6 is 11.6 Å². The van der Waals surface area contributed by atoms with E-state index in [1.165, 1.54) is 11.3 Å². The fourth-order valence-corrected chi connectivity index (χ4v) is 3.48. The summed E-state index contributed by atoms with van der Waals surface area (Å²) in [5.74, 6) is 0.840. The molecule has 144 valence electrons. The fraction of sp³-hybridized carbons (Fsp3) is 0.381. The first-order chi connectivity index (χ1) is 13.2. The van der Waals surface area contributed by atoms with Crippen LogP contribution in [-0.4, -0.2) is 51.3 Å². The maximum atomic E-state index is 6.29. The van der Waals surface area contributed by atoms with Crippen LogP contribution in [0.3, 0.4) is 0 Å². The molecule has 1 aliphatic heterocycles. The van der Waals surface area contributed by atoms with Crippen molar-refractivity contribution in [1.82, 2.24) is 10.2 Å². The highest BCUT2D eigenvalue weighted by Gasteiger charge is 2.15. The van der Waals surface area contributed by atoms with Gasteiger partial charge in [0.15, 0.2) is 5.96 Å². The highest BCUT2D eigenvalue weighted by atomic mass is 35.5. The van der Waals surface area contributed by atoms with Crippen LogP contribution < -0.4 is 10.2 Å². The van der Waals surface area contributed by atoms with Crippen molar-refractivity contribution >= 4 is 23.2 Å². The minimum Gasteiger partial charge on any atom is -0.378 e. The van der Waals surface area contributed by atoms with Gasteiger partial charge in [0.2, 0.25) is 0 Å². The van der Waals surface area contributed by atoms with Crippen LogP contribution in [0.1, 0.15) is 11.1 Å². The SMILES string of the molecule is CN=C(NCc1ccccc1N1CCOCC1)N(C)Cc1ccccc1Cl. The summed E-state index contributed by atoms with van der Waals surface area (Å²) in [4.78, 5) is 8.89. The molecule has 0 spiro atoms. The zero-order chi connectivity index (χ0) is 19.1. The third-order valence-electron chi connectivity index (χ3n) is 4.72. The Morgan fingerprint density at radius 1 is 1.11 bits per heavy atom. The summed E-state index contributed by atoms with van der Waals surface area (Å²) in [6.07, 6.45) is 0. The van der Waals surface area contributed by atoms with Crippen LogP contribution in [0.5, 0.6) is 0 Å². The summed E-state index contributed by atoms with van der Waals surface area (Å²) in [7, 11) is 3.83. The second-order valence-corrected chi connectivity index (χ2v) is 6.98. The van der Waals surface area contributed by atoms with Gasteiger partial charge in [0.25, 0.3) is 0 Å². The number of hydrogen-bond acceptors (Lipinski definition) is 3. The quantitative estimate of drug-likeness (QED) is 0.631. The lowest BCUT2D eigenvalue weighted by Gasteiger charge is -2.31. The van der Waals surface area contributed by atoms with Crippen LogP contribution in [0.25, 0.3) is 0 Å². The number of rotatable bonds is 5. The summed E-state index contributed by atoms with van der Waals surface area (Å²) < 4.78 is 5.48. The Balaban J connectivity index is 1.65. The minimum absolute atomic E-state index is 0.699. The van der Waals surface area contributed by atoms with Crippen LogP contribution in [0.4, 0.5) is 5.69 Å². The molecule has 1 fully saturated rings. The third kappa shape index (κ3) is 5.15. The average Bonchev–Trinajstić information content (AvgIpc) is 2.71. The van der Waals surface area contributed by atoms with Crippen molar-refractivity contribution in [2.75, 3.05) is 45.3 Å². The molecular weight excluding hydrogens is 360 g/mol. The van der Waals surface area contributed by atoms with E-state index in [0.29, 0.717) is 13.1 Å². The van der Waals surface area contributed by atoms with Crippen molar-refractivity contribution in [2.45, 2.75) is 13.1 Å². The standard InChI is InChI=1S/C21H27ClN4O/c1-23-21(25(2)16-18-8-3-5-9-19(18)22)24-15-17-7-4-6-10-20(17)26-11-13-27-14-12-26/h3-10H,11-16H2,1-2H3,(H,23,24). The van der Waals surface area contributed by atoms with Gasteiger partial charge in [-0.15, -0.1) is 0 Å². The molecule has 3 rings (SSSR count). The highest BCUT2D eigenvalue weighted by Crippen LogP contribution is 2.21. The number of ether oxygens (including phenoxy) is 1. The molecule has 27 heavy (non-hydrogen) atoms. The smallest absolute Gasteiger partial charge is 0.193 e. The van der Waals surface area contributed by atoms with Gasteiger partial charge in [0, 0.05) is 51.0 Å². The lowest BCUT2D eigenvalue weighted by atomic mass is 10.1. The predicted molar refractivity (Wildman–Crippen MR) is 113 cm³/mol. The Morgan fingerprint density at radius 2 is 1.78 bits per heavy atom. The topological polar surface area (TPSA) is 40.1 Å². The summed E-state index contributed by atoms with van der Waals surface area (Å²) in [6.45, 7) is 4.84. The van der Waals surface area contributed by atoms with Gasteiger partial charge < -0.3 is 19.9 Å². The molecule has 0 atom stereocenters. The molecule has 5 nitrogen and oxygen atoms in total. The van der Waals surface area contributed by atoms with Crippen LogP contribution in [0.15, 0.2) is 53.5 Å². The Hall–Kier alpha value is -2.24. The summed E-state index contributed by atoms with van der Waals surface area (Å²) in [5.41, 5.74) is 3.60. The van der Waals surface area contributed by atoms with Crippen molar-refractivity contribution in [3.05, 3.63) is 64.7 Å². The van der Waals surface area contributed by atoms with E-state index in [9.17, 15) is 0 Å². The van der Waals surface area contributed by atoms with E-state index in [2.05, 4.69) is 44.4 Å². The number of nitrogens with zero attached hydrogens (tertiary/aromatic N) is 3. The number of morpholine rings is 1. The maximum Gasteiger partial charge on any atom is 0.193 e. The maximum absolute atomic E-state index is 6.29. The minimum atomic E-state index is 0.699. The van der Waals surface area contributed by atoms with E-state index < -0.39 is 0 Å². The molecule has 1 N–H and O–H groups in total. The number of nitrogens with one attached hydrogen (secondary N) is 1. The highest BCUT2D eigenvalue weighted by molar-refractivity contribution is 6.31. The Labute approximate surface area is 166 Å². The first kappa shape index (κ1) is 19.5. The normalized spacial score (nSPS) is 14.9. The molecule has 0 bridgehead atoms. The van der Waals surface area contributed by atoms with E-state index in [1.54, 1.807) is 7.05 Å². The van der Waals surface area contributed by atoms with E-state index in [4.69, 9.17) is 16.3 Å². The second-order valence-electron chi connectivity index (χ2n) is 6.58. The summed E-state index contributed by atoms with van der Waals surface area (Å²) in [5, 5.41) is 4.26. The number of para-hydroxylation sites is 1. The molecule has 0 saturated carbocycles. The van der Waals surface area contributed by atoms with Gasteiger partial charge in [-0.2, -0.15) is 0 Å². The summed E-state index contributed by atoms with van der Waals surface area (Å²) >= 11 is 6.29. The van der Waals surface area contributed by atoms with Gasteiger partial charge in [-0.1, -0.05) is 48.0 Å². The molecule has 2 aromatic rings. The van der Waals surface area contributed by atoms with Crippen molar-refractivity contribution in [2.24, 2.45) is 4.99 Å². The molecule has 1 saturated heterocycles. The molecule has 6 heteroatoms. The number of anilines is 1. The van der Waals surface area contributed by atoms with E-state index in [0.717, 1.165) is 42.8 Å². The van der Waals surface area contributed by atoms with Crippen molar-refractivity contribution < 1.29 is 4.74 Å². The van der Waals surface area contributed by atoms with Crippen LogP contribution in [-0.2, 0) is 17.8 Å². The molecule has 0 amide bonds. The van der Waals surface area contributed by atoms with Gasteiger partial charge in [0.05, 0.1) is 13.2 Å². The second kappa shape index (κ2) is 9.62. The van der Waals surface area contributed by atoms with Crippen LogP contribution in [0.2, 0.25) is 5.02 Å². The number of aliphatic imine (C=N–C) groups is 1. The Kier molecular flexibility index (Phi) is 6.96. The Bertz CT molecular complexity index is 774. The summed E-state index contributed by atoms with van der Waals surface area (Å²) in [6, 6.07) is 16.4. The van der Waals surface area contributed by atoms with Crippen LogP contribution in [0, 0.1) is 0 Å². The molecule has 0 aliphatic carbocycles. The van der Waals surface area contributed by atoms with Crippen molar-refractivity contribution in [1.29, 1.82) is 0 Å². The molecule has 0 aromatic heterocycles. The Morgan fingerprint density at radius 3 is 2.48 bits per heavy atom. The molecule has 0 unspecified atom stereocenters. The van der Waals surface area contributed by atoms with Gasteiger partial charge in [-0.3, -0.25) is 4.99 Å². The number of hydrogen-bond donors (Lipinski definition) is 1. The zero-order valence-corrected chi connectivity index (χ0v) is 16.7. The van der Waals surface area contributed by atoms with Gasteiger partial charge in [-0.25, -0.2) is 0 Å². The predicted octanol–water partition coefficient (Wildman–Crippen LogP) is 3.38. The zero-order valence-electron chi connectivity index (χ0n) is 16.0. The monoisotopic (exact) mass is 386 g/mol. The third-order valence-corrected chi connectivity index (χ3v) is 5.09. The molecular formula is C21H27ClN4O. The number of guanidine groups is 1. The number of benzene rings is 2. The lowest BCUT2D eigenvalue weighted by molar-refractivity contribution is 0.122. The van der Waals surface area contributed by atoms with E-state index >= 15 is 0 Å². The first-order valence-electron chi connectivity index (χ1n) is 9.25. The molecule has 1 heterocycles. The molecule has 1 aliphatic rings. The van der Waals surface area contributed by atoms with Gasteiger partial charge in [0.1, 0.15) is 0 Å². The van der Waals surface area contributed by atoms with E-state index in [1.807, 2.05) is 31.3 Å². The first-order valence-corrected chi connectivity index (χ1v) is 9.62. The van der Waals surface area contributed by atoms with Gasteiger partial charge in [-0.05, 0) is 23.3 Å². The van der Waals surface area contributed by atoms with Crippen molar-refractivity contribution in [3.63, 3.8) is 0 Å². The van der Waals surface area contributed by atoms with Gasteiger partial charge >= 0.3 is 0 Å². The molecule has 0 radical (unpaired) electrons. The molecule has 2 aromatic carbocycles. The largest absolute Gasteiger partial charge is 0.378 e. The van der Waals surface area contributed by atoms with E-state index in [-0.39, 0.29) is 0 Å².